The van der Waals surface area contributed by atoms with Gasteiger partial charge in [0.05, 0.1) is 22.0 Å². The molecule has 1 N–H and O–H groups in total. The van der Waals surface area contributed by atoms with Gasteiger partial charge in [-0.2, -0.15) is 5.10 Å². The highest BCUT2D eigenvalue weighted by Gasteiger charge is 2.18. The number of nitrogens with zero attached hydrogens (tertiary/aromatic N) is 2. The monoisotopic (exact) mass is 336 g/mol. The van der Waals surface area contributed by atoms with Gasteiger partial charge < -0.3 is 5.11 Å². The molecule has 2 aromatic rings. The molecule has 0 spiro atoms. The zero-order valence-corrected chi connectivity index (χ0v) is 14.0. The number of halogens is 1. The van der Waals surface area contributed by atoms with Gasteiger partial charge in [-0.3, -0.25) is 4.68 Å². The number of aliphatic hydroxyl groups excluding tert-OH is 1. The zero-order valence-electron chi connectivity index (χ0n) is 12.4. The predicted molar refractivity (Wildman–Crippen MR) is 84.9 cm³/mol. The van der Waals surface area contributed by atoms with Crippen molar-refractivity contribution < 1.29 is 5.11 Å². The molecule has 1 aromatic carbocycles. The van der Waals surface area contributed by atoms with Gasteiger partial charge in [0.1, 0.15) is 0 Å². The number of aryl methyl sites for hydroxylation is 4. The summed E-state index contributed by atoms with van der Waals surface area (Å²) in [5.41, 5.74) is 5.36. The van der Waals surface area contributed by atoms with Gasteiger partial charge in [-0.1, -0.05) is 23.8 Å². The van der Waals surface area contributed by atoms with Crippen molar-refractivity contribution in [1.29, 1.82) is 0 Å². The molecule has 2 rings (SSSR count). The third kappa shape index (κ3) is 2.96. The predicted octanol–water partition coefficient (Wildman–Crippen LogP) is 3.87. The topological polar surface area (TPSA) is 38.0 Å². The third-order valence-corrected chi connectivity index (χ3v) is 4.66. The molecule has 0 bridgehead atoms. The Balaban J connectivity index is 2.30. The van der Waals surface area contributed by atoms with Crippen LogP contribution in [0.5, 0.6) is 0 Å². The first-order valence-electron chi connectivity index (χ1n) is 6.91. The number of aliphatic hydroxyl groups is 1. The molecule has 1 aromatic heterocycles. The van der Waals surface area contributed by atoms with Gasteiger partial charge in [0.2, 0.25) is 0 Å². The summed E-state index contributed by atoms with van der Waals surface area (Å²) in [7, 11) is 0. The third-order valence-electron chi connectivity index (χ3n) is 3.62. The van der Waals surface area contributed by atoms with Crippen molar-refractivity contribution in [3.63, 3.8) is 0 Å². The van der Waals surface area contributed by atoms with Gasteiger partial charge in [0, 0.05) is 13.0 Å². The standard InChI is InChI=1S/C16H21BrN2O/c1-5-19-14(16(17)12(4)18-19)9-15(20)13-7-6-10(2)8-11(13)3/h6-8,15,20H,5,9H2,1-4H3. The molecule has 20 heavy (non-hydrogen) atoms. The number of benzene rings is 1. The molecule has 4 heteroatoms. The Hall–Kier alpha value is -1.13. The SMILES string of the molecule is CCn1nc(C)c(Br)c1CC(O)c1ccc(C)cc1C. The fourth-order valence-corrected chi connectivity index (χ4v) is 3.00. The molecule has 3 nitrogen and oxygen atoms in total. The van der Waals surface area contributed by atoms with Gasteiger partial charge in [0.15, 0.2) is 0 Å². The van der Waals surface area contributed by atoms with Crippen molar-refractivity contribution in [1.82, 2.24) is 9.78 Å². The van der Waals surface area contributed by atoms with Crippen molar-refractivity contribution in [2.45, 2.75) is 46.8 Å². The summed E-state index contributed by atoms with van der Waals surface area (Å²) >= 11 is 3.58. The van der Waals surface area contributed by atoms with Crippen LogP contribution >= 0.6 is 15.9 Å². The number of hydrogen-bond donors (Lipinski definition) is 1. The Morgan fingerprint density at radius 2 is 2.00 bits per heavy atom. The molecule has 1 heterocycles. The average molecular weight is 337 g/mol. The van der Waals surface area contributed by atoms with Crippen LogP contribution in [0.25, 0.3) is 0 Å². The first-order valence-corrected chi connectivity index (χ1v) is 7.70. The maximum Gasteiger partial charge on any atom is 0.0848 e. The van der Waals surface area contributed by atoms with Crippen LogP contribution in [0.1, 0.15) is 41.1 Å². The molecule has 1 atom stereocenters. The van der Waals surface area contributed by atoms with Crippen molar-refractivity contribution in [2.24, 2.45) is 0 Å². The van der Waals surface area contributed by atoms with Gasteiger partial charge in [-0.15, -0.1) is 0 Å². The fraction of sp³-hybridized carbons (Fsp3) is 0.438. The van der Waals surface area contributed by atoms with E-state index in [0.29, 0.717) is 6.42 Å². The van der Waals surface area contributed by atoms with Gasteiger partial charge in [-0.25, -0.2) is 0 Å². The molecule has 0 saturated carbocycles. The van der Waals surface area contributed by atoms with Gasteiger partial charge >= 0.3 is 0 Å². The summed E-state index contributed by atoms with van der Waals surface area (Å²) in [5.74, 6) is 0. The van der Waals surface area contributed by atoms with Crippen LogP contribution < -0.4 is 0 Å². The molecule has 0 radical (unpaired) electrons. The van der Waals surface area contributed by atoms with Crippen molar-refractivity contribution in [2.75, 3.05) is 0 Å². The van der Waals surface area contributed by atoms with Gasteiger partial charge in [0.25, 0.3) is 0 Å². The van der Waals surface area contributed by atoms with E-state index in [1.165, 1.54) is 5.56 Å². The zero-order chi connectivity index (χ0) is 14.9. The molecular weight excluding hydrogens is 316 g/mol. The smallest absolute Gasteiger partial charge is 0.0848 e. The summed E-state index contributed by atoms with van der Waals surface area (Å²) in [6, 6.07) is 6.17. The minimum atomic E-state index is -0.506. The minimum absolute atomic E-state index is 0.506. The minimum Gasteiger partial charge on any atom is -0.388 e. The first kappa shape index (κ1) is 15.3. The molecule has 1 unspecified atom stereocenters. The van der Waals surface area contributed by atoms with E-state index in [-0.39, 0.29) is 0 Å². The molecule has 0 fully saturated rings. The summed E-state index contributed by atoms with van der Waals surface area (Å²) in [5, 5.41) is 15.0. The van der Waals surface area contributed by atoms with E-state index in [4.69, 9.17) is 0 Å². The summed E-state index contributed by atoms with van der Waals surface area (Å²) in [6.45, 7) is 8.95. The lowest BCUT2D eigenvalue weighted by Crippen LogP contribution is -2.10. The maximum atomic E-state index is 10.5. The van der Waals surface area contributed by atoms with E-state index in [1.54, 1.807) is 0 Å². The number of hydrogen-bond acceptors (Lipinski definition) is 2. The second kappa shape index (κ2) is 6.10. The Morgan fingerprint density at radius 3 is 2.60 bits per heavy atom. The van der Waals surface area contributed by atoms with Crippen LogP contribution in [-0.2, 0) is 13.0 Å². The van der Waals surface area contributed by atoms with Crippen LogP contribution in [0, 0.1) is 20.8 Å². The van der Waals surface area contributed by atoms with Crippen LogP contribution in [0.4, 0.5) is 0 Å². The average Bonchev–Trinajstić information content (AvgIpc) is 2.66. The Kier molecular flexibility index (Phi) is 4.66. The van der Waals surface area contributed by atoms with Crippen LogP contribution in [0.2, 0.25) is 0 Å². The summed E-state index contributed by atoms with van der Waals surface area (Å²) < 4.78 is 2.95. The first-order chi connectivity index (χ1) is 9.43. The molecule has 0 saturated heterocycles. The van der Waals surface area contributed by atoms with E-state index < -0.39 is 6.10 Å². The van der Waals surface area contributed by atoms with Crippen molar-refractivity contribution >= 4 is 15.9 Å². The lowest BCUT2D eigenvalue weighted by Gasteiger charge is -2.15. The Morgan fingerprint density at radius 1 is 1.30 bits per heavy atom. The largest absolute Gasteiger partial charge is 0.388 e. The Bertz CT molecular complexity index is 619. The van der Waals surface area contributed by atoms with E-state index in [9.17, 15) is 5.11 Å². The number of aromatic nitrogens is 2. The lowest BCUT2D eigenvalue weighted by molar-refractivity contribution is 0.174. The fourth-order valence-electron chi connectivity index (χ4n) is 2.56. The second-order valence-corrected chi connectivity index (χ2v) is 6.03. The summed E-state index contributed by atoms with van der Waals surface area (Å²) in [6.07, 6.45) is 0.0624. The van der Waals surface area contributed by atoms with E-state index in [1.807, 2.05) is 30.7 Å². The highest BCUT2D eigenvalue weighted by atomic mass is 79.9. The van der Waals surface area contributed by atoms with E-state index in [2.05, 4.69) is 40.9 Å². The molecule has 0 aliphatic heterocycles. The van der Waals surface area contributed by atoms with Crippen LogP contribution in [-0.4, -0.2) is 14.9 Å². The quantitative estimate of drug-likeness (QED) is 0.920. The van der Waals surface area contributed by atoms with Crippen LogP contribution in [0.3, 0.4) is 0 Å². The molecule has 0 amide bonds. The summed E-state index contributed by atoms with van der Waals surface area (Å²) in [4.78, 5) is 0. The molecule has 108 valence electrons. The molecule has 0 aliphatic rings. The van der Waals surface area contributed by atoms with Gasteiger partial charge in [-0.05, 0) is 54.8 Å². The Labute approximate surface area is 128 Å². The van der Waals surface area contributed by atoms with Crippen molar-refractivity contribution in [3.8, 4) is 0 Å². The second-order valence-electron chi connectivity index (χ2n) is 5.24. The molecular formula is C16H21BrN2O. The highest BCUT2D eigenvalue weighted by Crippen LogP contribution is 2.28. The van der Waals surface area contributed by atoms with E-state index in [0.717, 1.165) is 33.5 Å². The van der Waals surface area contributed by atoms with E-state index >= 15 is 0 Å². The maximum absolute atomic E-state index is 10.5. The molecule has 0 aliphatic carbocycles. The highest BCUT2D eigenvalue weighted by molar-refractivity contribution is 9.10. The van der Waals surface area contributed by atoms with Crippen LogP contribution in [0.15, 0.2) is 22.7 Å². The number of rotatable bonds is 4. The normalized spacial score (nSPS) is 12.7. The van der Waals surface area contributed by atoms with Crippen molar-refractivity contribution in [3.05, 3.63) is 50.8 Å². The lowest BCUT2D eigenvalue weighted by atomic mass is 9.98.